The average Bonchev–Trinajstić information content (AvgIpc) is 2.38. The van der Waals surface area contributed by atoms with Crippen molar-refractivity contribution >= 4 is 40.9 Å². The highest BCUT2D eigenvalue weighted by Crippen LogP contribution is 2.26. The summed E-state index contributed by atoms with van der Waals surface area (Å²) < 4.78 is 0. The highest BCUT2D eigenvalue weighted by Gasteiger charge is 2.05. The van der Waals surface area contributed by atoms with Crippen LogP contribution < -0.4 is 0 Å². The number of aromatic carboxylic acids is 1. The molecule has 0 unspecified atom stereocenters. The lowest BCUT2D eigenvalue weighted by atomic mass is 10.2. The number of thioether (sulfide) groups is 1. The van der Waals surface area contributed by atoms with Crippen LogP contribution in [0, 0.1) is 0 Å². The number of pyridine rings is 1. The van der Waals surface area contributed by atoms with Crippen LogP contribution in [0.5, 0.6) is 0 Å². The van der Waals surface area contributed by atoms with Crippen LogP contribution in [-0.2, 0) is 5.75 Å². The van der Waals surface area contributed by atoms with E-state index in [0.717, 1.165) is 10.5 Å². The number of carbonyl (C=O) groups is 1. The van der Waals surface area contributed by atoms with E-state index < -0.39 is 5.97 Å². The molecule has 2 aromatic rings. The first-order valence-corrected chi connectivity index (χ1v) is 7.07. The van der Waals surface area contributed by atoms with E-state index in [4.69, 9.17) is 28.3 Å². The number of benzene rings is 1. The molecule has 19 heavy (non-hydrogen) atoms. The summed E-state index contributed by atoms with van der Waals surface area (Å²) in [5.41, 5.74) is 1.16. The van der Waals surface area contributed by atoms with Crippen LogP contribution in [0.25, 0.3) is 0 Å². The van der Waals surface area contributed by atoms with Gasteiger partial charge in [0.15, 0.2) is 0 Å². The predicted molar refractivity (Wildman–Crippen MR) is 77.2 cm³/mol. The quantitative estimate of drug-likeness (QED) is 0.672. The zero-order chi connectivity index (χ0) is 13.8. The SMILES string of the molecule is O=C(O)c1ccc(SCc2ccc(Cl)nc2Cl)cc1. The van der Waals surface area contributed by atoms with Gasteiger partial charge in [-0.05, 0) is 35.9 Å². The summed E-state index contributed by atoms with van der Waals surface area (Å²) in [5.74, 6) is -0.281. The van der Waals surface area contributed by atoms with Crippen LogP contribution in [0.3, 0.4) is 0 Å². The number of carboxylic acid groups (broad SMARTS) is 1. The van der Waals surface area contributed by atoms with Crippen molar-refractivity contribution in [3.63, 3.8) is 0 Å². The van der Waals surface area contributed by atoms with Gasteiger partial charge in [-0.25, -0.2) is 9.78 Å². The Morgan fingerprint density at radius 2 is 1.84 bits per heavy atom. The minimum Gasteiger partial charge on any atom is -0.478 e. The molecule has 98 valence electrons. The third-order valence-electron chi connectivity index (χ3n) is 2.39. The maximum atomic E-state index is 10.7. The number of carboxylic acids is 1. The van der Waals surface area contributed by atoms with Crippen molar-refractivity contribution in [2.24, 2.45) is 0 Å². The summed E-state index contributed by atoms with van der Waals surface area (Å²) in [6.45, 7) is 0. The molecule has 2 rings (SSSR count). The monoisotopic (exact) mass is 313 g/mol. The van der Waals surface area contributed by atoms with Crippen molar-refractivity contribution in [1.82, 2.24) is 4.98 Å². The number of nitrogens with zero attached hydrogens (tertiary/aromatic N) is 1. The third kappa shape index (κ3) is 3.86. The number of hydrogen-bond donors (Lipinski definition) is 1. The molecule has 0 fully saturated rings. The Hall–Kier alpha value is -1.23. The fourth-order valence-electron chi connectivity index (χ4n) is 1.40. The van der Waals surface area contributed by atoms with Gasteiger partial charge in [0.05, 0.1) is 5.56 Å². The van der Waals surface area contributed by atoms with E-state index in [-0.39, 0.29) is 5.56 Å². The molecule has 1 aromatic carbocycles. The van der Waals surface area contributed by atoms with E-state index in [1.807, 2.05) is 6.07 Å². The zero-order valence-electron chi connectivity index (χ0n) is 9.64. The van der Waals surface area contributed by atoms with Gasteiger partial charge in [-0.3, -0.25) is 0 Å². The molecule has 0 spiro atoms. The van der Waals surface area contributed by atoms with Gasteiger partial charge in [0.25, 0.3) is 0 Å². The van der Waals surface area contributed by atoms with Crippen LogP contribution in [-0.4, -0.2) is 16.1 Å². The van der Waals surface area contributed by atoms with Gasteiger partial charge in [0.2, 0.25) is 0 Å². The highest BCUT2D eigenvalue weighted by atomic mass is 35.5. The summed E-state index contributed by atoms with van der Waals surface area (Å²) >= 11 is 13.3. The van der Waals surface area contributed by atoms with Crippen LogP contribution >= 0.6 is 35.0 Å². The minimum absolute atomic E-state index is 0.274. The summed E-state index contributed by atoms with van der Waals surface area (Å²) in [4.78, 5) is 15.7. The first kappa shape index (κ1) is 14.2. The standard InChI is InChI=1S/C13H9Cl2NO2S/c14-11-6-3-9(12(15)16-11)7-19-10-4-1-8(2-5-10)13(17)18/h1-6H,7H2,(H,17,18). The van der Waals surface area contributed by atoms with E-state index in [9.17, 15) is 4.79 Å². The van der Waals surface area contributed by atoms with Gasteiger partial charge in [-0.2, -0.15) is 0 Å². The molecule has 0 radical (unpaired) electrons. The largest absolute Gasteiger partial charge is 0.478 e. The van der Waals surface area contributed by atoms with E-state index in [1.54, 1.807) is 42.1 Å². The molecule has 0 amide bonds. The molecule has 1 N–H and O–H groups in total. The Labute approximate surface area is 124 Å². The van der Waals surface area contributed by atoms with Crippen LogP contribution in [0.1, 0.15) is 15.9 Å². The average molecular weight is 314 g/mol. The lowest BCUT2D eigenvalue weighted by Crippen LogP contribution is -1.94. The van der Waals surface area contributed by atoms with Gasteiger partial charge < -0.3 is 5.11 Å². The van der Waals surface area contributed by atoms with Gasteiger partial charge in [0, 0.05) is 10.6 Å². The molecule has 0 bridgehead atoms. The molecular formula is C13H9Cl2NO2S. The first-order chi connectivity index (χ1) is 9.06. The lowest BCUT2D eigenvalue weighted by Gasteiger charge is -2.04. The van der Waals surface area contributed by atoms with Gasteiger partial charge in [0.1, 0.15) is 10.3 Å². The Balaban J connectivity index is 2.04. The summed E-state index contributed by atoms with van der Waals surface area (Å²) in [6, 6.07) is 10.2. The van der Waals surface area contributed by atoms with Gasteiger partial charge >= 0.3 is 5.97 Å². The molecule has 0 aliphatic heterocycles. The maximum absolute atomic E-state index is 10.7. The number of rotatable bonds is 4. The zero-order valence-corrected chi connectivity index (χ0v) is 12.0. The smallest absolute Gasteiger partial charge is 0.335 e. The Morgan fingerprint density at radius 3 is 2.42 bits per heavy atom. The molecule has 0 atom stereocenters. The second-order valence-electron chi connectivity index (χ2n) is 3.70. The normalized spacial score (nSPS) is 10.4. The molecular weight excluding hydrogens is 305 g/mol. The van der Waals surface area contributed by atoms with E-state index >= 15 is 0 Å². The Kier molecular flexibility index (Phi) is 4.69. The van der Waals surface area contributed by atoms with Crippen LogP contribution in [0.4, 0.5) is 0 Å². The van der Waals surface area contributed by atoms with Crippen molar-refractivity contribution in [3.8, 4) is 0 Å². The molecule has 6 heteroatoms. The number of aromatic nitrogens is 1. The van der Waals surface area contributed by atoms with Crippen molar-refractivity contribution < 1.29 is 9.90 Å². The van der Waals surface area contributed by atoms with Crippen molar-refractivity contribution in [3.05, 3.63) is 57.8 Å². The third-order valence-corrected chi connectivity index (χ3v) is 3.99. The number of halogens is 2. The Bertz CT molecular complexity index is 602. The first-order valence-electron chi connectivity index (χ1n) is 5.33. The van der Waals surface area contributed by atoms with E-state index in [0.29, 0.717) is 16.1 Å². The molecule has 3 nitrogen and oxygen atoms in total. The molecule has 1 aromatic heterocycles. The topological polar surface area (TPSA) is 50.2 Å². The molecule has 0 aliphatic carbocycles. The van der Waals surface area contributed by atoms with Crippen molar-refractivity contribution in [2.45, 2.75) is 10.6 Å². The predicted octanol–water partition coefficient (Wildman–Crippen LogP) is 4.38. The van der Waals surface area contributed by atoms with Crippen LogP contribution in [0.15, 0.2) is 41.3 Å². The van der Waals surface area contributed by atoms with Crippen LogP contribution in [0.2, 0.25) is 10.3 Å². The highest BCUT2D eigenvalue weighted by molar-refractivity contribution is 7.98. The van der Waals surface area contributed by atoms with Crippen molar-refractivity contribution in [1.29, 1.82) is 0 Å². The molecule has 0 saturated heterocycles. The van der Waals surface area contributed by atoms with E-state index in [1.165, 1.54) is 0 Å². The fourth-order valence-corrected chi connectivity index (χ4v) is 2.78. The van der Waals surface area contributed by atoms with Crippen molar-refractivity contribution in [2.75, 3.05) is 0 Å². The second-order valence-corrected chi connectivity index (χ2v) is 5.50. The van der Waals surface area contributed by atoms with E-state index in [2.05, 4.69) is 4.98 Å². The lowest BCUT2D eigenvalue weighted by molar-refractivity contribution is 0.0697. The fraction of sp³-hybridized carbons (Fsp3) is 0.0769. The maximum Gasteiger partial charge on any atom is 0.335 e. The molecule has 0 saturated carbocycles. The van der Waals surface area contributed by atoms with Gasteiger partial charge in [-0.1, -0.05) is 29.3 Å². The summed E-state index contributed by atoms with van der Waals surface area (Å²) in [6.07, 6.45) is 0. The molecule has 0 aliphatic rings. The van der Waals surface area contributed by atoms with Gasteiger partial charge in [-0.15, -0.1) is 11.8 Å². The minimum atomic E-state index is -0.929. The molecule has 1 heterocycles. The summed E-state index contributed by atoms with van der Waals surface area (Å²) in [5, 5.41) is 9.56. The Morgan fingerprint density at radius 1 is 1.16 bits per heavy atom. The number of hydrogen-bond acceptors (Lipinski definition) is 3. The summed E-state index contributed by atoms with van der Waals surface area (Å²) in [7, 11) is 0. The second kappa shape index (κ2) is 6.28.